The van der Waals surface area contributed by atoms with Gasteiger partial charge in [0.25, 0.3) is 6.47 Å². The first-order valence-electron chi connectivity index (χ1n) is 12.6. The maximum absolute atomic E-state index is 11.2. The molecule has 0 bridgehead atoms. The Labute approximate surface area is 195 Å². The van der Waals surface area contributed by atoms with Crippen LogP contribution in [-0.2, 0) is 27.2 Å². The average molecular weight is 445 g/mol. The highest BCUT2D eigenvalue weighted by molar-refractivity contribution is 5.73. The zero-order chi connectivity index (χ0) is 23.6. The zero-order valence-electron chi connectivity index (χ0n) is 20.8. The molecule has 0 aromatic heterocycles. The van der Waals surface area contributed by atoms with Gasteiger partial charge in [0.2, 0.25) is 0 Å². The summed E-state index contributed by atoms with van der Waals surface area (Å²) in [5, 5.41) is 9.21. The van der Waals surface area contributed by atoms with Gasteiger partial charge in [0.15, 0.2) is 0 Å². The summed E-state index contributed by atoms with van der Waals surface area (Å²) in [6.45, 7) is 8.70. The summed E-state index contributed by atoms with van der Waals surface area (Å²) < 4.78 is 5.23. The van der Waals surface area contributed by atoms with Gasteiger partial charge >= 0.3 is 5.97 Å². The molecule has 32 heavy (non-hydrogen) atoms. The number of aryl methyl sites for hydroxylation is 4. The van der Waals surface area contributed by atoms with E-state index in [0.717, 1.165) is 64.2 Å². The summed E-state index contributed by atoms with van der Waals surface area (Å²) in [7, 11) is 0. The van der Waals surface area contributed by atoms with Crippen molar-refractivity contribution in [2.24, 2.45) is 5.41 Å². The number of hydrogen-bond acceptors (Lipinski definition) is 3. The van der Waals surface area contributed by atoms with Crippen molar-refractivity contribution in [3.63, 3.8) is 0 Å². The third-order valence-electron chi connectivity index (χ3n) is 7.31. The monoisotopic (exact) mass is 444 g/mol. The third-order valence-corrected chi connectivity index (χ3v) is 7.31. The first-order valence-corrected chi connectivity index (χ1v) is 12.6. The van der Waals surface area contributed by atoms with E-state index < -0.39 is 11.4 Å². The van der Waals surface area contributed by atoms with E-state index in [1.54, 1.807) is 0 Å². The van der Waals surface area contributed by atoms with Gasteiger partial charge in [0.1, 0.15) is 5.60 Å². The number of hydrogen-bond donors (Lipinski definition) is 1. The maximum Gasteiger partial charge on any atom is 0.309 e. The Morgan fingerprint density at radius 1 is 0.938 bits per heavy atom. The summed E-state index contributed by atoms with van der Waals surface area (Å²) in [5.41, 5.74) is 5.04. The van der Waals surface area contributed by atoms with E-state index in [1.165, 1.54) is 47.9 Å². The average Bonchev–Trinajstić information content (AvgIpc) is 3.49. The van der Waals surface area contributed by atoms with Crippen molar-refractivity contribution in [3.05, 3.63) is 34.4 Å². The smallest absolute Gasteiger partial charge is 0.309 e. The van der Waals surface area contributed by atoms with Gasteiger partial charge in [-0.05, 0) is 108 Å². The minimum atomic E-state index is -0.695. The third kappa shape index (κ3) is 8.60. The lowest BCUT2D eigenvalue weighted by Gasteiger charge is -2.18. The highest BCUT2D eigenvalue weighted by atomic mass is 16.5. The normalized spacial score (nSPS) is 14.9. The number of benzene rings is 1. The number of carboxylic acids is 1. The fourth-order valence-corrected chi connectivity index (χ4v) is 4.61. The van der Waals surface area contributed by atoms with Crippen molar-refractivity contribution in [1.82, 2.24) is 0 Å². The predicted molar refractivity (Wildman–Crippen MR) is 130 cm³/mol. The molecule has 0 aliphatic heterocycles. The van der Waals surface area contributed by atoms with Crippen molar-refractivity contribution in [3.8, 4) is 0 Å². The van der Waals surface area contributed by atoms with Crippen LogP contribution in [0.3, 0.4) is 0 Å². The Hall–Kier alpha value is -1.84. The number of unbranched alkanes of at least 4 members (excludes halogenated alkanes) is 6. The van der Waals surface area contributed by atoms with E-state index in [9.17, 15) is 14.7 Å². The fraction of sp³-hybridized carbons (Fsp3) is 0.714. The van der Waals surface area contributed by atoms with Crippen LogP contribution in [0.5, 0.6) is 0 Å². The van der Waals surface area contributed by atoms with Crippen LogP contribution in [0.1, 0.15) is 113 Å². The topological polar surface area (TPSA) is 63.6 Å². The van der Waals surface area contributed by atoms with Gasteiger partial charge in [0, 0.05) is 0 Å². The van der Waals surface area contributed by atoms with Crippen LogP contribution < -0.4 is 0 Å². The molecule has 1 saturated carbocycles. The van der Waals surface area contributed by atoms with E-state index in [-0.39, 0.29) is 5.60 Å². The summed E-state index contributed by atoms with van der Waals surface area (Å²) >= 11 is 0. The van der Waals surface area contributed by atoms with E-state index in [1.807, 2.05) is 13.8 Å². The molecule has 1 aliphatic carbocycles. The Morgan fingerprint density at radius 3 is 1.97 bits per heavy atom. The van der Waals surface area contributed by atoms with Crippen molar-refractivity contribution >= 4 is 12.4 Å². The Balaban J connectivity index is 1.67. The second kappa shape index (κ2) is 12.4. The Bertz CT molecular complexity index is 746. The van der Waals surface area contributed by atoms with Crippen LogP contribution in [0.15, 0.2) is 12.1 Å². The summed E-state index contributed by atoms with van der Waals surface area (Å²) in [4.78, 5) is 21.8. The molecule has 0 atom stereocenters. The lowest BCUT2D eigenvalue weighted by molar-refractivity contribution is -0.147. The molecule has 180 valence electrons. The molecule has 1 aliphatic rings. The fourth-order valence-electron chi connectivity index (χ4n) is 4.61. The van der Waals surface area contributed by atoms with Crippen molar-refractivity contribution in [1.29, 1.82) is 0 Å². The molecule has 0 unspecified atom stereocenters. The molecule has 0 amide bonds. The molecule has 1 aromatic carbocycles. The minimum absolute atomic E-state index is 0.101. The lowest BCUT2D eigenvalue weighted by Crippen LogP contribution is -2.23. The first kappa shape index (κ1) is 26.4. The number of ether oxygens (including phenoxy) is 1. The number of carbonyl (C=O) groups excluding carboxylic acids is 1. The van der Waals surface area contributed by atoms with E-state index in [0.29, 0.717) is 6.47 Å². The number of carbonyl (C=O) groups is 2. The molecular weight excluding hydrogens is 400 g/mol. The molecule has 0 heterocycles. The molecule has 0 radical (unpaired) electrons. The lowest BCUT2D eigenvalue weighted by atomic mass is 9.87. The zero-order valence-corrected chi connectivity index (χ0v) is 20.8. The molecule has 1 fully saturated rings. The van der Waals surface area contributed by atoms with Gasteiger partial charge in [-0.1, -0.05) is 44.2 Å². The molecule has 0 spiro atoms. The molecule has 0 saturated heterocycles. The Morgan fingerprint density at radius 2 is 1.47 bits per heavy atom. The quantitative estimate of drug-likeness (QED) is 0.205. The van der Waals surface area contributed by atoms with Gasteiger partial charge in [-0.3, -0.25) is 9.59 Å². The van der Waals surface area contributed by atoms with E-state index in [4.69, 9.17) is 4.74 Å². The van der Waals surface area contributed by atoms with Gasteiger partial charge < -0.3 is 9.84 Å². The highest BCUT2D eigenvalue weighted by Gasteiger charge is 2.44. The highest BCUT2D eigenvalue weighted by Crippen LogP contribution is 2.43. The van der Waals surface area contributed by atoms with Crippen LogP contribution in [0.25, 0.3) is 0 Å². The number of rotatable bonds is 17. The summed E-state index contributed by atoms with van der Waals surface area (Å²) in [6.07, 6.45) is 15.3. The first-order chi connectivity index (χ1) is 15.2. The molecule has 1 N–H and O–H groups in total. The van der Waals surface area contributed by atoms with Crippen molar-refractivity contribution in [2.75, 3.05) is 0 Å². The predicted octanol–water partition coefficient (Wildman–Crippen LogP) is 7.11. The second-order valence-corrected chi connectivity index (χ2v) is 10.6. The summed E-state index contributed by atoms with van der Waals surface area (Å²) in [5.74, 6) is -0.695. The second-order valence-electron chi connectivity index (χ2n) is 10.6. The standard InChI is InChI=1S/C28H44O4/c1-22-19-23(2)25(14-10-6-8-12-16-28(17-18-28)32-21-29)20-24(22)13-9-5-7-11-15-27(3,4)26(30)31/h19-21H,5-18H2,1-4H3,(H,30,31). The van der Waals surface area contributed by atoms with Crippen molar-refractivity contribution < 1.29 is 19.4 Å². The van der Waals surface area contributed by atoms with E-state index >= 15 is 0 Å². The molecule has 2 rings (SSSR count). The van der Waals surface area contributed by atoms with Crippen LogP contribution in [0.2, 0.25) is 0 Å². The maximum atomic E-state index is 11.2. The van der Waals surface area contributed by atoms with Crippen LogP contribution >= 0.6 is 0 Å². The molecule has 4 heteroatoms. The van der Waals surface area contributed by atoms with Gasteiger partial charge in [0.05, 0.1) is 5.41 Å². The molecular formula is C28H44O4. The number of aliphatic carboxylic acids is 1. The van der Waals surface area contributed by atoms with E-state index in [2.05, 4.69) is 26.0 Å². The van der Waals surface area contributed by atoms with Gasteiger partial charge in [-0.25, -0.2) is 0 Å². The molecule has 4 nitrogen and oxygen atoms in total. The largest absolute Gasteiger partial charge is 0.481 e. The van der Waals surface area contributed by atoms with Crippen LogP contribution in [-0.4, -0.2) is 23.1 Å². The minimum Gasteiger partial charge on any atom is -0.481 e. The SMILES string of the molecule is Cc1cc(C)c(CCCCCCC(C)(C)C(=O)O)cc1CCCCCCC1(OC=O)CC1. The van der Waals surface area contributed by atoms with Crippen LogP contribution in [0, 0.1) is 19.3 Å². The van der Waals surface area contributed by atoms with Gasteiger partial charge in [-0.2, -0.15) is 0 Å². The van der Waals surface area contributed by atoms with Crippen molar-refractivity contribution in [2.45, 2.75) is 123 Å². The number of carboxylic acid groups (broad SMARTS) is 1. The molecule has 1 aromatic rings. The Kier molecular flexibility index (Phi) is 10.2. The summed E-state index contributed by atoms with van der Waals surface area (Å²) in [6, 6.07) is 4.77. The van der Waals surface area contributed by atoms with Crippen LogP contribution in [0.4, 0.5) is 0 Å². The van der Waals surface area contributed by atoms with Gasteiger partial charge in [-0.15, -0.1) is 0 Å².